The molecule has 2 N–H and O–H groups in total. The van der Waals surface area contributed by atoms with E-state index in [2.05, 4.69) is 13.8 Å². The second-order valence-corrected chi connectivity index (χ2v) is 5.18. The van der Waals surface area contributed by atoms with Crippen LogP contribution in [0.2, 0.25) is 0 Å². The highest BCUT2D eigenvalue weighted by molar-refractivity contribution is 5.69. The van der Waals surface area contributed by atoms with Gasteiger partial charge in [0.15, 0.2) is 0 Å². The van der Waals surface area contributed by atoms with E-state index in [9.17, 15) is 4.79 Å². The molecule has 0 aromatic carbocycles. The molecule has 5 nitrogen and oxygen atoms in total. The van der Waals surface area contributed by atoms with Gasteiger partial charge >= 0.3 is 6.09 Å². The van der Waals surface area contributed by atoms with Gasteiger partial charge in [0.1, 0.15) is 6.10 Å². The lowest BCUT2D eigenvalue weighted by molar-refractivity contribution is -0.0234. The molecule has 2 heterocycles. The summed E-state index contributed by atoms with van der Waals surface area (Å²) in [5, 5.41) is 0. The molecule has 2 rings (SSSR count). The molecule has 0 saturated carbocycles. The smallest absolute Gasteiger partial charge is 0.410 e. The maximum atomic E-state index is 11.5. The van der Waals surface area contributed by atoms with E-state index in [-0.39, 0.29) is 23.9 Å². The van der Waals surface area contributed by atoms with Crippen molar-refractivity contribution in [1.29, 1.82) is 0 Å². The van der Waals surface area contributed by atoms with Gasteiger partial charge < -0.3 is 20.1 Å². The Labute approximate surface area is 95.9 Å². The summed E-state index contributed by atoms with van der Waals surface area (Å²) in [5.74, 6) is 0. The third-order valence-electron chi connectivity index (χ3n) is 3.19. The number of carbonyl (C=O) groups excluding carboxylic acids is 1. The van der Waals surface area contributed by atoms with Crippen LogP contribution in [0.5, 0.6) is 0 Å². The second-order valence-electron chi connectivity index (χ2n) is 5.18. The van der Waals surface area contributed by atoms with Crippen molar-refractivity contribution in [1.82, 2.24) is 4.90 Å². The number of hydrogen-bond donors (Lipinski definition) is 1. The fraction of sp³-hybridized carbons (Fsp3) is 0.909. The Morgan fingerprint density at radius 2 is 2.25 bits per heavy atom. The van der Waals surface area contributed by atoms with Crippen LogP contribution < -0.4 is 5.73 Å². The number of nitrogens with zero attached hydrogens (tertiary/aromatic N) is 1. The zero-order valence-electron chi connectivity index (χ0n) is 9.94. The van der Waals surface area contributed by atoms with E-state index in [0.29, 0.717) is 19.6 Å². The Morgan fingerprint density at radius 3 is 2.75 bits per heavy atom. The quantitative estimate of drug-likeness (QED) is 0.773. The van der Waals surface area contributed by atoms with Crippen molar-refractivity contribution in [3.05, 3.63) is 0 Å². The Balaban J connectivity index is 1.85. The summed E-state index contributed by atoms with van der Waals surface area (Å²) in [6, 6.07) is 0. The van der Waals surface area contributed by atoms with Crippen LogP contribution >= 0.6 is 0 Å². The Bertz CT molecular complexity index is 280. The SMILES string of the molecule is CC1(C)CCC(CN2CC(CN)OC2=O)O1. The molecule has 0 radical (unpaired) electrons. The van der Waals surface area contributed by atoms with Crippen LogP contribution in [0.4, 0.5) is 4.79 Å². The van der Waals surface area contributed by atoms with Gasteiger partial charge in [-0.15, -0.1) is 0 Å². The Morgan fingerprint density at radius 1 is 1.50 bits per heavy atom. The molecule has 16 heavy (non-hydrogen) atoms. The van der Waals surface area contributed by atoms with Gasteiger partial charge in [0.25, 0.3) is 0 Å². The minimum atomic E-state index is -0.260. The number of carbonyl (C=O) groups is 1. The van der Waals surface area contributed by atoms with E-state index in [0.717, 1.165) is 12.8 Å². The highest BCUT2D eigenvalue weighted by atomic mass is 16.6. The minimum Gasteiger partial charge on any atom is -0.443 e. The lowest BCUT2D eigenvalue weighted by Gasteiger charge is -2.22. The standard InChI is InChI=1S/C11H20N2O3/c1-11(2)4-3-8(16-11)6-13-7-9(5-12)15-10(13)14/h8-9H,3-7,12H2,1-2H3. The average Bonchev–Trinajstić information content (AvgIpc) is 2.71. The van der Waals surface area contributed by atoms with Crippen molar-refractivity contribution < 1.29 is 14.3 Å². The van der Waals surface area contributed by atoms with E-state index >= 15 is 0 Å². The number of hydrogen-bond acceptors (Lipinski definition) is 4. The first kappa shape index (κ1) is 11.7. The molecule has 2 unspecified atom stereocenters. The molecule has 0 aromatic rings. The summed E-state index contributed by atoms with van der Waals surface area (Å²) < 4.78 is 10.9. The second kappa shape index (κ2) is 4.22. The summed E-state index contributed by atoms with van der Waals surface area (Å²) in [7, 11) is 0. The van der Waals surface area contributed by atoms with E-state index in [1.165, 1.54) is 0 Å². The van der Waals surface area contributed by atoms with Crippen molar-refractivity contribution in [2.75, 3.05) is 19.6 Å². The van der Waals surface area contributed by atoms with Gasteiger partial charge in [-0.3, -0.25) is 0 Å². The zero-order valence-corrected chi connectivity index (χ0v) is 9.94. The summed E-state index contributed by atoms with van der Waals surface area (Å²) >= 11 is 0. The Hall–Kier alpha value is -0.810. The third kappa shape index (κ3) is 2.47. The summed E-state index contributed by atoms with van der Waals surface area (Å²) in [5.41, 5.74) is 5.42. The zero-order chi connectivity index (χ0) is 11.8. The van der Waals surface area contributed by atoms with Crippen LogP contribution in [0.15, 0.2) is 0 Å². The Kier molecular flexibility index (Phi) is 3.08. The van der Waals surface area contributed by atoms with E-state index in [1.807, 2.05) is 0 Å². The predicted molar refractivity (Wildman–Crippen MR) is 59.1 cm³/mol. The number of cyclic esters (lactones) is 1. The van der Waals surface area contributed by atoms with Crippen LogP contribution in [0.25, 0.3) is 0 Å². The fourth-order valence-corrected chi connectivity index (χ4v) is 2.30. The maximum Gasteiger partial charge on any atom is 0.410 e. The van der Waals surface area contributed by atoms with Gasteiger partial charge in [-0.2, -0.15) is 0 Å². The van der Waals surface area contributed by atoms with Crippen LogP contribution in [0.3, 0.4) is 0 Å². The minimum absolute atomic E-state index is 0.0540. The average molecular weight is 228 g/mol. The van der Waals surface area contributed by atoms with Gasteiger partial charge in [-0.25, -0.2) is 4.79 Å². The molecule has 1 amide bonds. The first-order chi connectivity index (χ1) is 7.50. The lowest BCUT2D eigenvalue weighted by Crippen LogP contribution is -2.35. The van der Waals surface area contributed by atoms with Crippen LogP contribution in [0.1, 0.15) is 26.7 Å². The molecule has 2 fully saturated rings. The summed E-state index contributed by atoms with van der Waals surface area (Å²) in [6.45, 7) is 5.77. The maximum absolute atomic E-state index is 11.5. The van der Waals surface area contributed by atoms with Crippen molar-refractivity contribution >= 4 is 6.09 Å². The first-order valence-electron chi connectivity index (χ1n) is 5.83. The third-order valence-corrected chi connectivity index (χ3v) is 3.19. The normalized spacial score (nSPS) is 33.2. The molecule has 0 aromatic heterocycles. The number of nitrogens with two attached hydrogens (primary N) is 1. The highest BCUT2D eigenvalue weighted by Gasteiger charge is 2.37. The van der Waals surface area contributed by atoms with Crippen LogP contribution in [-0.2, 0) is 9.47 Å². The molecular formula is C11H20N2O3. The number of rotatable bonds is 3. The van der Waals surface area contributed by atoms with Gasteiger partial charge in [-0.1, -0.05) is 0 Å². The highest BCUT2D eigenvalue weighted by Crippen LogP contribution is 2.30. The van der Waals surface area contributed by atoms with E-state index in [4.69, 9.17) is 15.2 Å². The molecule has 0 spiro atoms. The fourth-order valence-electron chi connectivity index (χ4n) is 2.30. The molecule has 92 valence electrons. The van der Waals surface area contributed by atoms with Crippen molar-refractivity contribution in [3.63, 3.8) is 0 Å². The van der Waals surface area contributed by atoms with E-state index < -0.39 is 0 Å². The lowest BCUT2D eigenvalue weighted by atomic mass is 10.1. The molecule has 5 heteroatoms. The van der Waals surface area contributed by atoms with Gasteiger partial charge in [0.05, 0.1) is 24.8 Å². The molecule has 0 aliphatic carbocycles. The molecule has 2 saturated heterocycles. The number of amides is 1. The van der Waals surface area contributed by atoms with Gasteiger partial charge in [-0.05, 0) is 26.7 Å². The van der Waals surface area contributed by atoms with Crippen LogP contribution in [0, 0.1) is 0 Å². The monoisotopic (exact) mass is 228 g/mol. The molecule has 2 aliphatic rings. The molecule has 2 aliphatic heterocycles. The predicted octanol–water partition coefficient (Wildman–Crippen LogP) is 0.723. The summed E-state index contributed by atoms with van der Waals surface area (Å²) in [4.78, 5) is 13.2. The number of ether oxygens (including phenoxy) is 2. The molecule has 0 bridgehead atoms. The van der Waals surface area contributed by atoms with Crippen molar-refractivity contribution in [2.45, 2.75) is 44.5 Å². The van der Waals surface area contributed by atoms with Crippen molar-refractivity contribution in [3.8, 4) is 0 Å². The van der Waals surface area contributed by atoms with Gasteiger partial charge in [0.2, 0.25) is 0 Å². The molecule has 2 atom stereocenters. The largest absolute Gasteiger partial charge is 0.443 e. The first-order valence-corrected chi connectivity index (χ1v) is 5.83. The summed E-state index contributed by atoms with van der Waals surface area (Å²) in [6.07, 6.45) is 1.77. The topological polar surface area (TPSA) is 64.8 Å². The van der Waals surface area contributed by atoms with E-state index in [1.54, 1.807) is 4.90 Å². The van der Waals surface area contributed by atoms with Gasteiger partial charge in [0, 0.05) is 6.54 Å². The van der Waals surface area contributed by atoms with Crippen LogP contribution in [-0.4, -0.2) is 48.4 Å². The van der Waals surface area contributed by atoms with Crippen molar-refractivity contribution in [2.24, 2.45) is 5.73 Å². The molecular weight excluding hydrogens is 208 g/mol.